The average molecular weight is 458 g/mol. The molecule has 156 valence electrons. The number of amides is 1. The third-order valence-corrected chi connectivity index (χ3v) is 7.21. The summed E-state index contributed by atoms with van der Waals surface area (Å²) in [6.45, 7) is 1.53. The summed E-state index contributed by atoms with van der Waals surface area (Å²) in [7, 11) is -2.21. The lowest BCUT2D eigenvalue weighted by Gasteiger charge is -2.33. The number of hydrogen-bond acceptors (Lipinski definition) is 5. The van der Waals surface area contributed by atoms with Crippen molar-refractivity contribution in [3.8, 4) is 5.75 Å². The van der Waals surface area contributed by atoms with Crippen LogP contribution in [0.25, 0.3) is 0 Å². The third-order valence-electron chi connectivity index (χ3n) is 4.59. The predicted molar refractivity (Wildman–Crippen MR) is 113 cm³/mol. The zero-order chi connectivity index (χ0) is 21.0. The van der Waals surface area contributed by atoms with Gasteiger partial charge in [0.2, 0.25) is 15.9 Å². The number of anilines is 1. The Morgan fingerprint density at radius 2 is 1.79 bits per heavy atom. The molecule has 0 saturated carbocycles. The Balaban J connectivity index is 1.59. The van der Waals surface area contributed by atoms with Gasteiger partial charge in [-0.1, -0.05) is 35.3 Å². The van der Waals surface area contributed by atoms with Crippen molar-refractivity contribution in [1.82, 2.24) is 9.21 Å². The molecule has 10 heteroatoms. The van der Waals surface area contributed by atoms with Crippen molar-refractivity contribution in [3.63, 3.8) is 0 Å². The third kappa shape index (κ3) is 5.21. The molecule has 0 aromatic heterocycles. The molecular formula is C19H21Cl2N3O4S. The van der Waals surface area contributed by atoms with Crippen LogP contribution in [0.4, 0.5) is 5.69 Å². The number of carbonyl (C=O) groups is 1. The minimum Gasteiger partial charge on any atom is -0.495 e. The summed E-state index contributed by atoms with van der Waals surface area (Å²) in [5.41, 5.74) is 0.594. The number of sulfonamides is 1. The van der Waals surface area contributed by atoms with Crippen LogP contribution in [0.15, 0.2) is 47.4 Å². The van der Waals surface area contributed by atoms with Crippen LogP contribution < -0.4 is 10.1 Å². The lowest BCUT2D eigenvalue weighted by molar-refractivity contribution is -0.117. The van der Waals surface area contributed by atoms with E-state index in [-0.39, 0.29) is 35.5 Å². The van der Waals surface area contributed by atoms with Crippen molar-refractivity contribution in [3.05, 3.63) is 52.5 Å². The number of methoxy groups -OCH3 is 1. The molecule has 0 unspecified atom stereocenters. The maximum atomic E-state index is 12.9. The zero-order valence-corrected chi connectivity index (χ0v) is 18.1. The highest BCUT2D eigenvalue weighted by Crippen LogP contribution is 2.28. The standard InChI is InChI=1S/C19H21Cl2N3O4S/c1-28-17-5-3-2-4-16(17)22-19(25)13-23-8-10-24(11-9-23)29(26,27)18-12-14(20)6-7-15(18)21/h2-7,12H,8-11,13H2,1H3,(H,22,25). The summed E-state index contributed by atoms with van der Waals surface area (Å²) in [5, 5.41) is 3.26. The number of para-hydroxylation sites is 2. The largest absolute Gasteiger partial charge is 0.495 e. The number of ether oxygens (including phenoxy) is 1. The van der Waals surface area contributed by atoms with Crippen molar-refractivity contribution in [2.24, 2.45) is 0 Å². The van der Waals surface area contributed by atoms with Crippen LogP contribution in [-0.4, -0.2) is 63.4 Å². The van der Waals surface area contributed by atoms with Crippen LogP contribution in [0.3, 0.4) is 0 Å². The Morgan fingerprint density at radius 3 is 2.48 bits per heavy atom. The molecule has 1 heterocycles. The normalized spacial score (nSPS) is 15.8. The Bertz CT molecular complexity index is 993. The van der Waals surface area contributed by atoms with Crippen LogP contribution >= 0.6 is 23.2 Å². The molecule has 0 atom stereocenters. The smallest absolute Gasteiger partial charge is 0.244 e. The van der Waals surface area contributed by atoms with Gasteiger partial charge in [0.05, 0.1) is 24.4 Å². The minimum absolute atomic E-state index is 0.00553. The molecule has 2 aromatic carbocycles. The first-order chi connectivity index (χ1) is 13.8. The summed E-state index contributed by atoms with van der Waals surface area (Å²) in [6.07, 6.45) is 0. The van der Waals surface area contributed by atoms with Gasteiger partial charge in [-0.05, 0) is 30.3 Å². The SMILES string of the molecule is COc1ccccc1NC(=O)CN1CCN(S(=O)(=O)c2cc(Cl)ccc2Cl)CC1. The lowest BCUT2D eigenvalue weighted by atomic mass is 10.3. The number of halogens is 2. The maximum Gasteiger partial charge on any atom is 0.244 e. The van der Waals surface area contributed by atoms with Gasteiger partial charge >= 0.3 is 0 Å². The average Bonchev–Trinajstić information content (AvgIpc) is 2.70. The number of nitrogens with zero attached hydrogens (tertiary/aromatic N) is 2. The van der Waals surface area contributed by atoms with Crippen LogP contribution in [0, 0.1) is 0 Å². The molecule has 1 amide bonds. The summed E-state index contributed by atoms with van der Waals surface area (Å²) in [6, 6.07) is 11.5. The summed E-state index contributed by atoms with van der Waals surface area (Å²) < 4.78 is 32.3. The summed E-state index contributed by atoms with van der Waals surface area (Å²) in [4.78, 5) is 14.3. The number of benzene rings is 2. The number of hydrogen-bond donors (Lipinski definition) is 1. The van der Waals surface area contributed by atoms with Crippen molar-refractivity contribution in [2.75, 3.05) is 45.2 Å². The molecule has 1 aliphatic heterocycles. The summed E-state index contributed by atoms with van der Waals surface area (Å²) in [5.74, 6) is 0.388. The molecule has 0 spiro atoms. The van der Waals surface area contributed by atoms with E-state index in [4.69, 9.17) is 27.9 Å². The first kappa shape index (κ1) is 21.9. The Kier molecular flexibility index (Phi) is 7.02. The second-order valence-corrected chi connectivity index (χ2v) is 9.25. The van der Waals surface area contributed by atoms with E-state index in [0.717, 1.165) is 0 Å². The lowest BCUT2D eigenvalue weighted by Crippen LogP contribution is -2.50. The van der Waals surface area contributed by atoms with Gasteiger partial charge in [0.25, 0.3) is 0 Å². The molecule has 1 aliphatic rings. The molecule has 3 rings (SSSR count). The molecule has 1 fully saturated rings. The highest BCUT2D eigenvalue weighted by molar-refractivity contribution is 7.89. The van der Waals surface area contributed by atoms with Gasteiger partial charge in [0.15, 0.2) is 0 Å². The van der Waals surface area contributed by atoms with Crippen LogP contribution in [-0.2, 0) is 14.8 Å². The van der Waals surface area contributed by atoms with Crippen molar-refractivity contribution >= 4 is 44.8 Å². The molecule has 29 heavy (non-hydrogen) atoms. The molecule has 0 bridgehead atoms. The van der Waals surface area contributed by atoms with Gasteiger partial charge in [-0.2, -0.15) is 4.31 Å². The van der Waals surface area contributed by atoms with Crippen LogP contribution in [0.5, 0.6) is 5.75 Å². The van der Waals surface area contributed by atoms with Crippen LogP contribution in [0.2, 0.25) is 10.0 Å². The highest BCUT2D eigenvalue weighted by Gasteiger charge is 2.30. The second kappa shape index (κ2) is 9.32. The topological polar surface area (TPSA) is 79.0 Å². The first-order valence-corrected chi connectivity index (χ1v) is 11.1. The van der Waals surface area contributed by atoms with E-state index >= 15 is 0 Å². The van der Waals surface area contributed by atoms with E-state index in [9.17, 15) is 13.2 Å². The molecule has 7 nitrogen and oxygen atoms in total. The van der Waals surface area contributed by atoms with Crippen molar-refractivity contribution in [1.29, 1.82) is 0 Å². The van der Waals surface area contributed by atoms with Gasteiger partial charge in [-0.3, -0.25) is 9.69 Å². The van der Waals surface area contributed by atoms with Gasteiger partial charge in [0.1, 0.15) is 10.6 Å². The van der Waals surface area contributed by atoms with E-state index in [2.05, 4.69) is 5.32 Å². The second-order valence-electron chi connectivity index (χ2n) is 6.50. The minimum atomic E-state index is -3.75. The first-order valence-electron chi connectivity index (χ1n) is 8.91. The van der Waals surface area contributed by atoms with E-state index in [0.29, 0.717) is 29.5 Å². The van der Waals surface area contributed by atoms with E-state index in [1.165, 1.54) is 23.5 Å². The Hall–Kier alpha value is -1.84. The van der Waals surface area contributed by atoms with Gasteiger partial charge in [-0.15, -0.1) is 0 Å². The predicted octanol–water partition coefficient (Wildman–Crippen LogP) is 2.95. The molecule has 0 radical (unpaired) electrons. The number of nitrogens with one attached hydrogen (secondary N) is 1. The molecular weight excluding hydrogens is 437 g/mol. The monoisotopic (exact) mass is 457 g/mol. The van der Waals surface area contributed by atoms with E-state index in [1.54, 1.807) is 18.2 Å². The quantitative estimate of drug-likeness (QED) is 0.720. The number of carbonyl (C=O) groups excluding carboxylic acids is 1. The maximum absolute atomic E-state index is 12.9. The number of piperazine rings is 1. The zero-order valence-electron chi connectivity index (χ0n) is 15.8. The number of rotatable bonds is 6. The van der Waals surface area contributed by atoms with Crippen molar-refractivity contribution < 1.29 is 17.9 Å². The molecule has 1 N–H and O–H groups in total. The molecule has 0 aliphatic carbocycles. The van der Waals surface area contributed by atoms with Crippen LogP contribution in [0.1, 0.15) is 0 Å². The Morgan fingerprint density at radius 1 is 1.10 bits per heavy atom. The van der Waals surface area contributed by atoms with Crippen molar-refractivity contribution in [2.45, 2.75) is 4.90 Å². The molecule has 2 aromatic rings. The summed E-state index contributed by atoms with van der Waals surface area (Å²) >= 11 is 12.0. The van der Waals surface area contributed by atoms with E-state index in [1.807, 2.05) is 17.0 Å². The highest BCUT2D eigenvalue weighted by atomic mass is 35.5. The Labute approximate surface area is 180 Å². The molecule has 1 saturated heterocycles. The van der Waals surface area contributed by atoms with Gasteiger partial charge in [-0.25, -0.2) is 8.42 Å². The van der Waals surface area contributed by atoms with E-state index < -0.39 is 10.0 Å². The van der Waals surface area contributed by atoms with Gasteiger partial charge in [0, 0.05) is 31.2 Å². The fourth-order valence-corrected chi connectivity index (χ4v) is 5.24. The van der Waals surface area contributed by atoms with Gasteiger partial charge < -0.3 is 10.1 Å². The fourth-order valence-electron chi connectivity index (χ4n) is 3.08. The fraction of sp³-hybridized carbons (Fsp3) is 0.316.